The molecule has 84 valence electrons. The zero-order valence-electron chi connectivity index (χ0n) is 8.92. The normalized spacial score (nSPS) is 9.19. The fourth-order valence-electron chi connectivity index (χ4n) is 1.08. The van der Waals surface area contributed by atoms with Crippen molar-refractivity contribution in [1.29, 1.82) is 0 Å². The van der Waals surface area contributed by atoms with E-state index in [0.717, 1.165) is 0 Å². The lowest BCUT2D eigenvalue weighted by Gasteiger charge is -1.98. The van der Waals surface area contributed by atoms with Crippen LogP contribution in [0.3, 0.4) is 0 Å². The Morgan fingerprint density at radius 3 is 2.88 bits per heavy atom. The van der Waals surface area contributed by atoms with Gasteiger partial charge in [-0.2, -0.15) is 0 Å². The Kier molecular flexibility index (Phi) is 4.49. The molecule has 2 N–H and O–H groups in total. The van der Waals surface area contributed by atoms with Gasteiger partial charge in [0.1, 0.15) is 5.82 Å². The van der Waals surface area contributed by atoms with E-state index >= 15 is 0 Å². The van der Waals surface area contributed by atoms with Crippen LogP contribution in [0.15, 0.2) is 18.2 Å². The first kappa shape index (κ1) is 12.2. The smallest absolute Gasteiger partial charge is 0.384 e. The fourth-order valence-corrected chi connectivity index (χ4v) is 1.08. The third kappa shape index (κ3) is 3.37. The number of hydrogen-bond acceptors (Lipinski definition) is 3. The van der Waals surface area contributed by atoms with Crippen LogP contribution in [-0.4, -0.2) is 12.6 Å². The van der Waals surface area contributed by atoms with Crippen molar-refractivity contribution in [2.75, 3.05) is 6.61 Å². The van der Waals surface area contributed by atoms with Crippen molar-refractivity contribution < 1.29 is 13.9 Å². The monoisotopic (exact) mass is 221 g/mol. The van der Waals surface area contributed by atoms with Crippen LogP contribution in [0.2, 0.25) is 0 Å². The van der Waals surface area contributed by atoms with Crippen LogP contribution >= 0.6 is 0 Å². The standard InChI is InChI=1S/C12H12FNO2/c1-2-16-12(15)6-4-9-3-5-10(8-14)11(13)7-9/h3,5,7H,2,8,14H2,1H3. The molecular weight excluding hydrogens is 209 g/mol. The molecule has 1 aromatic carbocycles. The third-order valence-corrected chi connectivity index (χ3v) is 1.86. The van der Waals surface area contributed by atoms with Gasteiger partial charge in [-0.15, -0.1) is 0 Å². The van der Waals surface area contributed by atoms with E-state index in [0.29, 0.717) is 11.1 Å². The third-order valence-electron chi connectivity index (χ3n) is 1.86. The Morgan fingerprint density at radius 2 is 2.31 bits per heavy atom. The second-order valence-corrected chi connectivity index (χ2v) is 2.98. The first-order valence-electron chi connectivity index (χ1n) is 4.84. The predicted molar refractivity (Wildman–Crippen MR) is 57.8 cm³/mol. The highest BCUT2D eigenvalue weighted by molar-refractivity contribution is 5.89. The molecule has 16 heavy (non-hydrogen) atoms. The van der Waals surface area contributed by atoms with Gasteiger partial charge in [-0.3, -0.25) is 0 Å². The number of ether oxygens (including phenoxy) is 1. The van der Waals surface area contributed by atoms with Crippen molar-refractivity contribution >= 4 is 5.97 Å². The molecule has 0 bridgehead atoms. The van der Waals surface area contributed by atoms with Gasteiger partial charge in [0.2, 0.25) is 0 Å². The molecule has 1 rings (SSSR count). The Balaban J connectivity index is 2.82. The Bertz CT molecular complexity index is 446. The molecule has 0 amide bonds. The number of esters is 1. The summed E-state index contributed by atoms with van der Waals surface area (Å²) in [5.41, 5.74) is 6.15. The lowest BCUT2D eigenvalue weighted by molar-refractivity contribution is -0.136. The molecule has 3 nitrogen and oxygen atoms in total. The summed E-state index contributed by atoms with van der Waals surface area (Å²) in [6, 6.07) is 4.40. The van der Waals surface area contributed by atoms with Gasteiger partial charge in [0.15, 0.2) is 0 Å². The van der Waals surface area contributed by atoms with Gasteiger partial charge < -0.3 is 10.5 Å². The molecule has 0 aromatic heterocycles. The summed E-state index contributed by atoms with van der Waals surface area (Å²) < 4.78 is 17.9. The molecule has 0 aliphatic rings. The number of nitrogens with two attached hydrogens (primary N) is 1. The lowest BCUT2D eigenvalue weighted by atomic mass is 10.1. The highest BCUT2D eigenvalue weighted by Gasteiger charge is 2.00. The second-order valence-electron chi connectivity index (χ2n) is 2.98. The summed E-state index contributed by atoms with van der Waals surface area (Å²) >= 11 is 0. The quantitative estimate of drug-likeness (QED) is 0.603. The maximum atomic E-state index is 13.3. The van der Waals surface area contributed by atoms with Gasteiger partial charge in [-0.05, 0) is 19.1 Å². The Labute approximate surface area is 93.4 Å². The summed E-state index contributed by atoms with van der Waals surface area (Å²) in [5.74, 6) is 3.73. The second kappa shape index (κ2) is 5.89. The molecule has 0 heterocycles. The number of halogens is 1. The highest BCUT2D eigenvalue weighted by atomic mass is 19.1. The van der Waals surface area contributed by atoms with Crippen LogP contribution in [0.1, 0.15) is 18.1 Å². The average molecular weight is 221 g/mol. The number of carbonyl (C=O) groups is 1. The van der Waals surface area contributed by atoms with Gasteiger partial charge in [-0.25, -0.2) is 9.18 Å². The maximum Gasteiger partial charge on any atom is 0.384 e. The number of carbonyl (C=O) groups excluding carboxylic acids is 1. The van der Waals surface area contributed by atoms with Crippen LogP contribution in [0.25, 0.3) is 0 Å². The molecule has 0 fully saturated rings. The topological polar surface area (TPSA) is 52.3 Å². The Morgan fingerprint density at radius 1 is 1.56 bits per heavy atom. The molecule has 0 atom stereocenters. The zero-order valence-corrected chi connectivity index (χ0v) is 8.92. The van der Waals surface area contributed by atoms with E-state index in [2.05, 4.69) is 16.6 Å². The summed E-state index contributed by atoms with van der Waals surface area (Å²) in [6.45, 7) is 2.10. The summed E-state index contributed by atoms with van der Waals surface area (Å²) in [7, 11) is 0. The fraction of sp³-hybridized carbons (Fsp3) is 0.250. The molecule has 0 saturated heterocycles. The van der Waals surface area contributed by atoms with E-state index in [4.69, 9.17) is 5.73 Å². The van der Waals surface area contributed by atoms with Gasteiger partial charge in [0.25, 0.3) is 0 Å². The summed E-state index contributed by atoms with van der Waals surface area (Å²) in [4.78, 5) is 10.9. The molecule has 1 aromatic rings. The minimum atomic E-state index is -0.620. The number of hydrogen-bond donors (Lipinski definition) is 1. The van der Waals surface area contributed by atoms with E-state index < -0.39 is 11.8 Å². The minimum absolute atomic E-state index is 0.136. The van der Waals surface area contributed by atoms with Crippen molar-refractivity contribution in [2.24, 2.45) is 5.73 Å². The van der Waals surface area contributed by atoms with Gasteiger partial charge in [-0.1, -0.05) is 12.0 Å². The van der Waals surface area contributed by atoms with E-state index in [9.17, 15) is 9.18 Å². The molecule has 0 saturated carbocycles. The van der Waals surface area contributed by atoms with Gasteiger partial charge in [0, 0.05) is 23.6 Å². The number of rotatable bonds is 2. The van der Waals surface area contributed by atoms with Crippen LogP contribution < -0.4 is 5.73 Å². The molecular formula is C12H12FNO2. The van der Waals surface area contributed by atoms with E-state index in [1.165, 1.54) is 6.07 Å². The minimum Gasteiger partial charge on any atom is -0.456 e. The largest absolute Gasteiger partial charge is 0.456 e. The van der Waals surface area contributed by atoms with Crippen LogP contribution in [0, 0.1) is 17.7 Å². The zero-order chi connectivity index (χ0) is 12.0. The van der Waals surface area contributed by atoms with E-state index in [1.807, 2.05) is 0 Å². The Hall–Kier alpha value is -1.86. The molecule has 4 heteroatoms. The lowest BCUT2D eigenvalue weighted by Crippen LogP contribution is -2.01. The van der Waals surface area contributed by atoms with Crippen LogP contribution in [-0.2, 0) is 16.1 Å². The average Bonchev–Trinajstić information content (AvgIpc) is 2.27. The van der Waals surface area contributed by atoms with Crippen molar-refractivity contribution in [2.45, 2.75) is 13.5 Å². The van der Waals surface area contributed by atoms with Crippen molar-refractivity contribution in [3.8, 4) is 11.8 Å². The number of benzene rings is 1. The predicted octanol–water partition coefficient (Wildman–Crippen LogP) is 1.20. The summed E-state index contributed by atoms with van der Waals surface area (Å²) in [6.07, 6.45) is 0. The van der Waals surface area contributed by atoms with Crippen molar-refractivity contribution in [3.63, 3.8) is 0 Å². The highest BCUT2D eigenvalue weighted by Crippen LogP contribution is 2.08. The van der Waals surface area contributed by atoms with Crippen molar-refractivity contribution in [3.05, 3.63) is 35.1 Å². The molecule has 0 unspecified atom stereocenters. The van der Waals surface area contributed by atoms with E-state index in [1.54, 1.807) is 19.1 Å². The molecule has 0 aliphatic heterocycles. The molecule has 0 aliphatic carbocycles. The first-order chi connectivity index (χ1) is 7.67. The van der Waals surface area contributed by atoms with Crippen molar-refractivity contribution in [1.82, 2.24) is 0 Å². The summed E-state index contributed by atoms with van der Waals surface area (Å²) in [5, 5.41) is 0. The SMILES string of the molecule is CCOC(=O)C#Cc1ccc(CN)c(F)c1. The van der Waals surface area contributed by atoms with E-state index in [-0.39, 0.29) is 13.2 Å². The molecule has 0 radical (unpaired) electrons. The van der Waals surface area contributed by atoms with Gasteiger partial charge in [0.05, 0.1) is 6.61 Å². The first-order valence-corrected chi connectivity index (χ1v) is 4.84. The van der Waals surface area contributed by atoms with Crippen LogP contribution in [0.5, 0.6) is 0 Å². The maximum absolute atomic E-state index is 13.3. The van der Waals surface area contributed by atoms with Crippen LogP contribution in [0.4, 0.5) is 4.39 Å². The van der Waals surface area contributed by atoms with Gasteiger partial charge >= 0.3 is 5.97 Å². The molecule has 0 spiro atoms.